The van der Waals surface area contributed by atoms with Crippen molar-refractivity contribution in [1.82, 2.24) is 14.9 Å². The Labute approximate surface area is 190 Å². The molecule has 0 spiro atoms. The highest BCUT2D eigenvalue weighted by atomic mass is 35.5. The van der Waals surface area contributed by atoms with Crippen molar-refractivity contribution in [3.05, 3.63) is 18.5 Å². The molecule has 0 amide bonds. The van der Waals surface area contributed by atoms with Gasteiger partial charge in [-0.2, -0.15) is 0 Å². The summed E-state index contributed by atoms with van der Waals surface area (Å²) >= 11 is 0. The zero-order valence-corrected chi connectivity index (χ0v) is 18.7. The molecule has 2 heterocycles. The van der Waals surface area contributed by atoms with Gasteiger partial charge in [0.15, 0.2) is 0 Å². The van der Waals surface area contributed by atoms with Gasteiger partial charge >= 0.3 is 13.1 Å². The van der Waals surface area contributed by atoms with Crippen molar-refractivity contribution in [2.75, 3.05) is 37.6 Å². The van der Waals surface area contributed by atoms with Crippen molar-refractivity contribution in [3.63, 3.8) is 0 Å². The van der Waals surface area contributed by atoms with E-state index in [0.29, 0.717) is 32.2 Å². The molecule has 1 unspecified atom stereocenters. The average Bonchev–Trinajstić information content (AvgIpc) is 2.64. The number of rotatable bonds is 10. The summed E-state index contributed by atoms with van der Waals surface area (Å²) < 4.78 is 0. The highest BCUT2D eigenvalue weighted by molar-refractivity contribution is 6.40. The van der Waals surface area contributed by atoms with Crippen molar-refractivity contribution in [2.45, 2.75) is 37.5 Å². The number of hydrogen-bond acceptors (Lipinski definition) is 8. The van der Waals surface area contributed by atoms with Gasteiger partial charge in [0.25, 0.3) is 0 Å². The first kappa shape index (κ1) is 30.3. The number of piperazine rings is 1. The summed E-state index contributed by atoms with van der Waals surface area (Å²) in [6, 6.07) is 1.79. The monoisotopic (exact) mass is 473 g/mol. The fourth-order valence-electron chi connectivity index (χ4n) is 3.09. The molecule has 13 heteroatoms. The lowest BCUT2D eigenvalue weighted by molar-refractivity contribution is -0.144. The maximum atomic E-state index is 11.6. The van der Waals surface area contributed by atoms with Gasteiger partial charge in [-0.1, -0.05) is 12.8 Å². The van der Waals surface area contributed by atoms with Crippen LogP contribution in [0.15, 0.2) is 18.5 Å². The molecule has 1 aliphatic heterocycles. The molecule has 0 radical (unpaired) electrons. The molecule has 29 heavy (non-hydrogen) atoms. The normalized spacial score (nSPS) is 15.9. The number of unbranched alkanes of at least 4 members (excludes halogenated alkanes) is 1. The second-order valence-corrected chi connectivity index (χ2v) is 6.82. The van der Waals surface area contributed by atoms with Crippen LogP contribution < -0.4 is 10.6 Å². The quantitative estimate of drug-likeness (QED) is 0.285. The van der Waals surface area contributed by atoms with Crippen LogP contribution in [-0.4, -0.2) is 81.4 Å². The SMILES string of the molecule is Cl.Cl.Cl.NC(CCCCB(O)O)(CCN1CCN(c2ncccn2)CC1)C(=O)O. The van der Waals surface area contributed by atoms with E-state index in [0.717, 1.165) is 32.1 Å². The van der Waals surface area contributed by atoms with E-state index in [1.54, 1.807) is 18.5 Å². The molecule has 1 fully saturated rings. The lowest BCUT2D eigenvalue weighted by atomic mass is 9.81. The van der Waals surface area contributed by atoms with E-state index in [-0.39, 0.29) is 43.5 Å². The lowest BCUT2D eigenvalue weighted by Crippen LogP contribution is -2.52. The number of anilines is 1. The highest BCUT2D eigenvalue weighted by Crippen LogP contribution is 2.19. The molecule has 0 aromatic carbocycles. The minimum Gasteiger partial charge on any atom is -0.480 e. The standard InChI is InChI=1S/C16H28BN5O4.3ClH/c18-16(14(23)24,4-1-2-6-17(25)26)5-9-21-10-12-22(13-11-21)15-19-7-3-8-20-15;;;/h3,7-8,25-26H,1-2,4-6,9-13,18H2,(H,23,24);3*1H. The summed E-state index contributed by atoms with van der Waals surface area (Å²) in [5.41, 5.74) is 4.83. The molecular formula is C16H31BCl3N5O4. The molecular weight excluding hydrogens is 443 g/mol. The van der Waals surface area contributed by atoms with Crippen LogP contribution >= 0.6 is 37.2 Å². The van der Waals surface area contributed by atoms with Crippen LogP contribution in [0.25, 0.3) is 0 Å². The summed E-state index contributed by atoms with van der Waals surface area (Å²) in [4.78, 5) is 24.4. The maximum absolute atomic E-state index is 11.6. The number of carboxylic acids is 1. The third-order valence-electron chi connectivity index (χ3n) is 4.84. The molecule has 168 valence electrons. The minimum atomic E-state index is -1.35. The molecule has 1 saturated heterocycles. The zero-order chi connectivity index (χ0) is 19.0. The van der Waals surface area contributed by atoms with Crippen LogP contribution in [-0.2, 0) is 4.79 Å². The molecule has 1 atom stereocenters. The molecule has 9 nitrogen and oxygen atoms in total. The fraction of sp³-hybridized carbons (Fsp3) is 0.688. The summed E-state index contributed by atoms with van der Waals surface area (Å²) in [6.07, 6.45) is 5.47. The van der Waals surface area contributed by atoms with Crippen molar-refractivity contribution >= 4 is 56.3 Å². The van der Waals surface area contributed by atoms with Crippen LogP contribution in [0.4, 0.5) is 5.95 Å². The largest absolute Gasteiger partial charge is 0.480 e. The van der Waals surface area contributed by atoms with Crippen molar-refractivity contribution < 1.29 is 19.9 Å². The Morgan fingerprint density at radius 1 is 1.07 bits per heavy atom. The topological polar surface area (TPSA) is 136 Å². The minimum absolute atomic E-state index is 0. The molecule has 1 aromatic heterocycles. The van der Waals surface area contributed by atoms with Crippen LogP contribution in [0.2, 0.25) is 6.32 Å². The second-order valence-electron chi connectivity index (χ2n) is 6.82. The Hall–Kier alpha value is -0.875. The number of aromatic nitrogens is 2. The van der Waals surface area contributed by atoms with Crippen molar-refractivity contribution in [3.8, 4) is 0 Å². The number of hydrogen-bond donors (Lipinski definition) is 4. The molecule has 5 N–H and O–H groups in total. The van der Waals surface area contributed by atoms with Crippen LogP contribution in [0.5, 0.6) is 0 Å². The van der Waals surface area contributed by atoms with Crippen LogP contribution in [0.3, 0.4) is 0 Å². The summed E-state index contributed by atoms with van der Waals surface area (Å²) in [5.74, 6) is -0.282. The van der Waals surface area contributed by atoms with Gasteiger partial charge in [-0.25, -0.2) is 9.97 Å². The summed E-state index contributed by atoms with van der Waals surface area (Å²) in [6.45, 7) is 3.83. The third-order valence-corrected chi connectivity index (χ3v) is 4.84. The Morgan fingerprint density at radius 2 is 1.66 bits per heavy atom. The first-order valence-electron chi connectivity index (χ1n) is 9.03. The number of halogens is 3. The van der Waals surface area contributed by atoms with Gasteiger partial charge in [-0.3, -0.25) is 9.69 Å². The Balaban J connectivity index is 0. The number of carboxylic acid groups (broad SMARTS) is 1. The van der Waals surface area contributed by atoms with E-state index in [1.165, 1.54) is 0 Å². The molecule has 0 saturated carbocycles. The number of carbonyl (C=O) groups is 1. The van der Waals surface area contributed by atoms with E-state index >= 15 is 0 Å². The van der Waals surface area contributed by atoms with E-state index in [4.69, 9.17) is 15.8 Å². The molecule has 0 bridgehead atoms. The Bertz CT molecular complexity index is 571. The highest BCUT2D eigenvalue weighted by Gasteiger charge is 2.34. The smallest absolute Gasteiger partial charge is 0.451 e. The van der Waals surface area contributed by atoms with Gasteiger partial charge < -0.3 is 25.8 Å². The van der Waals surface area contributed by atoms with E-state index in [1.807, 2.05) is 0 Å². The third kappa shape index (κ3) is 10.1. The summed E-state index contributed by atoms with van der Waals surface area (Å²) in [5, 5.41) is 27.2. The van der Waals surface area contributed by atoms with Crippen molar-refractivity contribution in [1.29, 1.82) is 0 Å². The number of nitrogens with zero attached hydrogens (tertiary/aromatic N) is 4. The van der Waals surface area contributed by atoms with E-state index < -0.39 is 18.6 Å². The Kier molecular flexibility index (Phi) is 15.7. The first-order chi connectivity index (χ1) is 12.4. The van der Waals surface area contributed by atoms with Gasteiger partial charge in [-0.05, 0) is 25.2 Å². The first-order valence-corrected chi connectivity index (χ1v) is 9.03. The molecule has 0 aliphatic carbocycles. The van der Waals surface area contributed by atoms with Crippen LogP contribution in [0, 0.1) is 0 Å². The van der Waals surface area contributed by atoms with Gasteiger partial charge in [0.05, 0.1) is 0 Å². The second kappa shape index (κ2) is 15.0. The van der Waals surface area contributed by atoms with E-state index in [9.17, 15) is 9.90 Å². The van der Waals surface area contributed by atoms with Gasteiger partial charge in [0, 0.05) is 45.1 Å². The molecule has 1 aliphatic rings. The van der Waals surface area contributed by atoms with Gasteiger partial charge in [0.2, 0.25) is 5.95 Å². The molecule has 2 rings (SSSR count). The average molecular weight is 475 g/mol. The maximum Gasteiger partial charge on any atom is 0.451 e. The number of nitrogens with two attached hydrogens (primary N) is 1. The predicted molar refractivity (Wildman–Crippen MR) is 120 cm³/mol. The molecule has 1 aromatic rings. The van der Waals surface area contributed by atoms with Crippen LogP contribution in [0.1, 0.15) is 25.7 Å². The predicted octanol–water partition coefficient (Wildman–Crippen LogP) is 0.679. The van der Waals surface area contributed by atoms with Crippen molar-refractivity contribution in [2.24, 2.45) is 5.73 Å². The van der Waals surface area contributed by atoms with E-state index in [2.05, 4.69) is 19.8 Å². The van der Waals surface area contributed by atoms with Gasteiger partial charge in [0.1, 0.15) is 5.54 Å². The van der Waals surface area contributed by atoms with Gasteiger partial charge in [-0.15, -0.1) is 37.2 Å². The number of aliphatic carboxylic acids is 1. The zero-order valence-electron chi connectivity index (χ0n) is 16.2. The lowest BCUT2D eigenvalue weighted by Gasteiger charge is -2.36. The Morgan fingerprint density at radius 3 is 2.17 bits per heavy atom. The summed E-state index contributed by atoms with van der Waals surface area (Å²) in [7, 11) is -1.35. The fourth-order valence-corrected chi connectivity index (χ4v) is 3.09.